The highest BCUT2D eigenvalue weighted by atomic mass is 19.1. The molecule has 0 atom stereocenters. The van der Waals surface area contributed by atoms with Crippen LogP contribution in [0.1, 0.15) is 11.1 Å². The maximum absolute atomic E-state index is 12.9. The summed E-state index contributed by atoms with van der Waals surface area (Å²) in [6, 6.07) is 9.15. The van der Waals surface area contributed by atoms with E-state index in [1.807, 2.05) is 24.3 Å². The fourth-order valence-electron chi connectivity index (χ4n) is 1.66. The van der Waals surface area contributed by atoms with E-state index in [9.17, 15) is 4.39 Å². The van der Waals surface area contributed by atoms with Gasteiger partial charge in [0.25, 0.3) is 0 Å². The van der Waals surface area contributed by atoms with Crippen LogP contribution in [0.15, 0.2) is 42.7 Å². The van der Waals surface area contributed by atoms with Gasteiger partial charge >= 0.3 is 0 Å². The molecule has 4 heteroatoms. The lowest BCUT2D eigenvalue weighted by Gasteiger charge is -2.07. The molecule has 3 nitrogen and oxygen atoms in total. The van der Waals surface area contributed by atoms with E-state index < -0.39 is 0 Å². The Hall–Kier alpha value is -1.94. The van der Waals surface area contributed by atoms with Gasteiger partial charge in [-0.3, -0.25) is 4.98 Å². The Labute approximate surface area is 105 Å². The third-order valence-corrected chi connectivity index (χ3v) is 2.50. The van der Waals surface area contributed by atoms with Crippen LogP contribution < -0.4 is 10.5 Å². The molecule has 1 heterocycles. The van der Waals surface area contributed by atoms with E-state index in [0.717, 1.165) is 17.7 Å². The van der Waals surface area contributed by atoms with Crippen LogP contribution in [-0.4, -0.2) is 11.5 Å². The number of aromatic nitrogens is 1. The quantitative estimate of drug-likeness (QED) is 0.880. The van der Waals surface area contributed by atoms with Crippen molar-refractivity contribution in [2.45, 2.75) is 13.0 Å². The van der Waals surface area contributed by atoms with Crippen LogP contribution in [0.2, 0.25) is 0 Å². The van der Waals surface area contributed by atoms with Crippen molar-refractivity contribution in [3.63, 3.8) is 0 Å². The fourth-order valence-corrected chi connectivity index (χ4v) is 1.66. The van der Waals surface area contributed by atoms with Gasteiger partial charge in [-0.05, 0) is 36.7 Å². The van der Waals surface area contributed by atoms with Gasteiger partial charge in [0, 0.05) is 11.8 Å². The van der Waals surface area contributed by atoms with Gasteiger partial charge in [-0.2, -0.15) is 0 Å². The number of nitrogens with two attached hydrogens (primary N) is 1. The molecule has 0 bridgehead atoms. The van der Waals surface area contributed by atoms with Gasteiger partial charge in [0.2, 0.25) is 0 Å². The molecule has 0 radical (unpaired) electrons. The predicted octanol–water partition coefficient (Wildman–Crippen LogP) is 2.30. The molecule has 2 rings (SSSR count). The molecule has 0 amide bonds. The first-order chi connectivity index (χ1) is 8.78. The predicted molar refractivity (Wildman–Crippen MR) is 67.7 cm³/mol. The van der Waals surface area contributed by atoms with Gasteiger partial charge in [-0.25, -0.2) is 4.39 Å². The van der Waals surface area contributed by atoms with E-state index in [4.69, 9.17) is 10.5 Å². The Balaban J connectivity index is 1.99. The summed E-state index contributed by atoms with van der Waals surface area (Å²) in [7, 11) is 0. The van der Waals surface area contributed by atoms with Gasteiger partial charge < -0.3 is 10.5 Å². The number of ether oxygens (including phenoxy) is 1. The second kappa shape index (κ2) is 6.12. The molecule has 0 spiro atoms. The largest absolute Gasteiger partial charge is 0.489 e. The summed E-state index contributed by atoms with van der Waals surface area (Å²) in [5, 5.41) is 0. The lowest BCUT2D eigenvalue weighted by atomic mass is 10.1. The SMILES string of the molecule is NCCc1cccc(OCc2cncc(F)c2)c1. The Bertz CT molecular complexity index is 517. The van der Waals surface area contributed by atoms with Crippen LogP contribution in [0, 0.1) is 5.82 Å². The van der Waals surface area contributed by atoms with Crippen molar-refractivity contribution in [2.24, 2.45) is 5.73 Å². The first-order valence-corrected chi connectivity index (χ1v) is 5.79. The molecule has 0 saturated heterocycles. The van der Waals surface area contributed by atoms with E-state index in [1.165, 1.54) is 12.3 Å². The molecule has 2 N–H and O–H groups in total. The molecule has 18 heavy (non-hydrogen) atoms. The number of hydrogen-bond acceptors (Lipinski definition) is 3. The van der Waals surface area contributed by atoms with Gasteiger partial charge in [0.15, 0.2) is 0 Å². The molecule has 0 fully saturated rings. The third kappa shape index (κ3) is 3.53. The summed E-state index contributed by atoms with van der Waals surface area (Å²) in [6.45, 7) is 0.911. The van der Waals surface area contributed by atoms with Crippen LogP contribution in [0.5, 0.6) is 5.75 Å². The Morgan fingerprint density at radius 2 is 2.06 bits per heavy atom. The van der Waals surface area contributed by atoms with E-state index in [0.29, 0.717) is 18.7 Å². The molecule has 0 saturated carbocycles. The standard InChI is InChI=1S/C14H15FN2O/c15-13-6-12(8-17-9-13)10-18-14-3-1-2-11(7-14)4-5-16/h1-3,6-9H,4-5,10,16H2. The Morgan fingerprint density at radius 3 is 2.83 bits per heavy atom. The highest BCUT2D eigenvalue weighted by molar-refractivity contribution is 5.29. The highest BCUT2D eigenvalue weighted by Gasteiger charge is 1.99. The topological polar surface area (TPSA) is 48.1 Å². The average Bonchev–Trinajstić information content (AvgIpc) is 2.37. The van der Waals surface area contributed by atoms with Gasteiger partial charge in [0.1, 0.15) is 18.2 Å². The van der Waals surface area contributed by atoms with Crippen molar-refractivity contribution in [2.75, 3.05) is 6.54 Å². The third-order valence-electron chi connectivity index (χ3n) is 2.50. The molecule has 1 aromatic heterocycles. The summed E-state index contributed by atoms with van der Waals surface area (Å²) < 4.78 is 18.5. The average molecular weight is 246 g/mol. The van der Waals surface area contributed by atoms with Crippen molar-refractivity contribution in [3.8, 4) is 5.75 Å². The number of rotatable bonds is 5. The second-order valence-electron chi connectivity index (χ2n) is 3.99. The number of hydrogen-bond donors (Lipinski definition) is 1. The van der Waals surface area contributed by atoms with Gasteiger partial charge in [-0.15, -0.1) is 0 Å². The molecule has 94 valence electrons. The minimum atomic E-state index is -0.354. The molecule has 0 aliphatic carbocycles. The molecular formula is C14H15FN2O. The van der Waals surface area contributed by atoms with Crippen molar-refractivity contribution in [1.29, 1.82) is 0 Å². The van der Waals surface area contributed by atoms with Crippen LogP contribution in [0.3, 0.4) is 0 Å². The Kier molecular flexibility index (Phi) is 4.25. The Morgan fingerprint density at radius 1 is 1.17 bits per heavy atom. The minimum absolute atomic E-state index is 0.302. The number of pyridine rings is 1. The van der Waals surface area contributed by atoms with Crippen molar-refractivity contribution in [1.82, 2.24) is 4.98 Å². The lowest BCUT2D eigenvalue weighted by molar-refractivity contribution is 0.304. The second-order valence-corrected chi connectivity index (χ2v) is 3.99. The maximum Gasteiger partial charge on any atom is 0.141 e. The summed E-state index contributed by atoms with van der Waals surface area (Å²) >= 11 is 0. The van der Waals surface area contributed by atoms with Gasteiger partial charge in [0.05, 0.1) is 6.20 Å². The first-order valence-electron chi connectivity index (χ1n) is 5.79. The lowest BCUT2D eigenvalue weighted by Crippen LogP contribution is -2.03. The molecule has 0 aliphatic rings. The van der Waals surface area contributed by atoms with E-state index in [2.05, 4.69) is 4.98 Å². The fraction of sp³-hybridized carbons (Fsp3) is 0.214. The maximum atomic E-state index is 12.9. The highest BCUT2D eigenvalue weighted by Crippen LogP contribution is 2.15. The van der Waals surface area contributed by atoms with Crippen LogP contribution in [0.25, 0.3) is 0 Å². The summed E-state index contributed by atoms with van der Waals surface area (Å²) in [4.78, 5) is 3.77. The minimum Gasteiger partial charge on any atom is -0.489 e. The van der Waals surface area contributed by atoms with Crippen LogP contribution in [-0.2, 0) is 13.0 Å². The molecular weight excluding hydrogens is 231 g/mol. The first kappa shape index (κ1) is 12.5. The number of benzene rings is 1. The number of nitrogens with zero attached hydrogens (tertiary/aromatic N) is 1. The molecule has 0 aliphatic heterocycles. The van der Waals surface area contributed by atoms with Crippen molar-refractivity contribution >= 4 is 0 Å². The van der Waals surface area contributed by atoms with E-state index >= 15 is 0 Å². The number of halogens is 1. The van der Waals surface area contributed by atoms with E-state index in [1.54, 1.807) is 6.20 Å². The van der Waals surface area contributed by atoms with Gasteiger partial charge in [-0.1, -0.05) is 12.1 Å². The molecule has 0 unspecified atom stereocenters. The van der Waals surface area contributed by atoms with Crippen molar-refractivity contribution < 1.29 is 9.13 Å². The summed E-state index contributed by atoms with van der Waals surface area (Å²) in [5.41, 5.74) is 7.34. The summed E-state index contributed by atoms with van der Waals surface area (Å²) in [5.74, 6) is 0.401. The monoisotopic (exact) mass is 246 g/mol. The van der Waals surface area contributed by atoms with E-state index in [-0.39, 0.29) is 5.82 Å². The zero-order valence-corrected chi connectivity index (χ0v) is 9.97. The normalized spacial score (nSPS) is 10.3. The van der Waals surface area contributed by atoms with Crippen LogP contribution >= 0.6 is 0 Å². The van der Waals surface area contributed by atoms with Crippen molar-refractivity contribution in [3.05, 3.63) is 59.7 Å². The van der Waals surface area contributed by atoms with Crippen LogP contribution in [0.4, 0.5) is 4.39 Å². The smallest absolute Gasteiger partial charge is 0.141 e. The zero-order chi connectivity index (χ0) is 12.8. The summed E-state index contributed by atoms with van der Waals surface area (Å²) in [6.07, 6.45) is 3.58. The zero-order valence-electron chi connectivity index (χ0n) is 9.97. The molecule has 1 aromatic carbocycles. The molecule has 2 aromatic rings.